The number of aliphatic imine (C=N–C) groups is 1. The second-order valence-electron chi connectivity index (χ2n) is 5.28. The van der Waals surface area contributed by atoms with Gasteiger partial charge in [0, 0.05) is 29.7 Å². The van der Waals surface area contributed by atoms with Gasteiger partial charge in [-0.1, -0.05) is 6.07 Å². The molecule has 5 heteroatoms. The number of phenolic OH excluding ortho intramolecular Hbond substituents is 1. The minimum Gasteiger partial charge on any atom is -0.507 e. The standard InChI is InChI=1S/C15H22N2OS2/c1-10-4-5-12(14(18)8-10)15-16-13(9-20-15)11(2)17(3)6-7-19/h4-5,8,11,13,18-19H,6-7,9H2,1-3H3/t11-,13+/m1/s1. The molecule has 1 aliphatic rings. The lowest BCUT2D eigenvalue weighted by molar-refractivity contribution is 0.250. The molecule has 1 aromatic carbocycles. The molecule has 0 fully saturated rings. The van der Waals surface area contributed by atoms with Crippen LogP contribution in [0.1, 0.15) is 18.1 Å². The third-order valence-corrected chi connectivity index (χ3v) is 5.07. The monoisotopic (exact) mass is 310 g/mol. The molecule has 1 N–H and O–H groups in total. The van der Waals surface area contributed by atoms with Gasteiger partial charge in [-0.25, -0.2) is 0 Å². The summed E-state index contributed by atoms with van der Waals surface area (Å²) in [6.07, 6.45) is 0. The molecule has 0 spiro atoms. The van der Waals surface area contributed by atoms with Crippen LogP contribution in [-0.4, -0.2) is 52.2 Å². The largest absolute Gasteiger partial charge is 0.507 e. The van der Waals surface area contributed by atoms with Crippen molar-refractivity contribution in [2.45, 2.75) is 25.9 Å². The molecule has 3 nitrogen and oxygen atoms in total. The number of aryl methyl sites for hydroxylation is 1. The molecular weight excluding hydrogens is 288 g/mol. The fraction of sp³-hybridized carbons (Fsp3) is 0.533. The molecule has 110 valence electrons. The van der Waals surface area contributed by atoms with Gasteiger partial charge in [-0.15, -0.1) is 11.8 Å². The van der Waals surface area contributed by atoms with Crippen molar-refractivity contribution in [3.63, 3.8) is 0 Å². The van der Waals surface area contributed by atoms with Gasteiger partial charge in [0.2, 0.25) is 0 Å². The van der Waals surface area contributed by atoms with E-state index in [0.717, 1.165) is 34.2 Å². The first-order valence-corrected chi connectivity index (χ1v) is 8.46. The minimum atomic E-state index is 0.278. The van der Waals surface area contributed by atoms with Gasteiger partial charge in [-0.3, -0.25) is 4.99 Å². The number of hydrogen-bond acceptors (Lipinski definition) is 5. The van der Waals surface area contributed by atoms with Gasteiger partial charge in [0.05, 0.1) is 6.04 Å². The van der Waals surface area contributed by atoms with Crippen LogP contribution in [0.5, 0.6) is 5.75 Å². The zero-order valence-electron chi connectivity index (χ0n) is 12.2. The lowest BCUT2D eigenvalue weighted by Gasteiger charge is -2.27. The number of aromatic hydroxyl groups is 1. The maximum atomic E-state index is 10.1. The van der Waals surface area contributed by atoms with Gasteiger partial charge in [0.25, 0.3) is 0 Å². The summed E-state index contributed by atoms with van der Waals surface area (Å²) in [5.74, 6) is 2.16. The zero-order valence-corrected chi connectivity index (χ0v) is 13.9. The summed E-state index contributed by atoms with van der Waals surface area (Å²) in [6, 6.07) is 6.44. The second-order valence-corrected chi connectivity index (χ2v) is 6.73. The third kappa shape index (κ3) is 3.51. The molecule has 0 amide bonds. The lowest BCUT2D eigenvalue weighted by atomic mass is 10.1. The van der Waals surface area contributed by atoms with Crippen LogP contribution < -0.4 is 0 Å². The first kappa shape index (κ1) is 15.7. The molecule has 20 heavy (non-hydrogen) atoms. The fourth-order valence-corrected chi connectivity index (χ4v) is 3.80. The number of phenols is 1. The Bertz CT molecular complexity index is 505. The van der Waals surface area contributed by atoms with Crippen molar-refractivity contribution in [1.29, 1.82) is 0 Å². The highest BCUT2D eigenvalue weighted by atomic mass is 32.2. The van der Waals surface area contributed by atoms with Gasteiger partial charge in [0.1, 0.15) is 10.8 Å². The normalized spacial score (nSPS) is 20.2. The Kier molecular flexibility index (Phi) is 5.41. The summed E-state index contributed by atoms with van der Waals surface area (Å²) in [5, 5.41) is 11.0. The van der Waals surface area contributed by atoms with Crippen LogP contribution >= 0.6 is 24.4 Å². The number of rotatable bonds is 5. The zero-order chi connectivity index (χ0) is 14.7. The van der Waals surface area contributed by atoms with E-state index in [2.05, 4.69) is 31.5 Å². The molecule has 2 rings (SSSR count). The Balaban J connectivity index is 2.13. The first-order chi connectivity index (χ1) is 9.52. The topological polar surface area (TPSA) is 35.8 Å². The van der Waals surface area contributed by atoms with Crippen LogP contribution in [0.15, 0.2) is 23.2 Å². The Labute approximate surface area is 130 Å². The molecule has 2 atom stereocenters. The number of thiol groups is 1. The molecule has 0 saturated carbocycles. The number of thioether (sulfide) groups is 1. The molecule has 0 saturated heterocycles. The average molecular weight is 310 g/mol. The van der Waals surface area contributed by atoms with Gasteiger partial charge in [-0.05, 0) is 38.6 Å². The van der Waals surface area contributed by atoms with E-state index < -0.39 is 0 Å². The number of nitrogens with zero attached hydrogens (tertiary/aromatic N) is 2. The van der Waals surface area contributed by atoms with E-state index in [9.17, 15) is 5.11 Å². The Morgan fingerprint density at radius 1 is 1.55 bits per heavy atom. The smallest absolute Gasteiger partial charge is 0.125 e. The maximum Gasteiger partial charge on any atom is 0.125 e. The molecular formula is C15H22N2OS2. The van der Waals surface area contributed by atoms with Crippen molar-refractivity contribution in [3.8, 4) is 5.75 Å². The Hall–Kier alpha value is -0.650. The summed E-state index contributed by atoms with van der Waals surface area (Å²) in [6.45, 7) is 5.15. The van der Waals surface area contributed by atoms with Crippen LogP contribution in [0.2, 0.25) is 0 Å². The molecule has 1 aromatic rings. The SMILES string of the molecule is Cc1ccc(C2=N[C@H]([C@@H](C)N(C)CCS)CS2)c(O)c1. The summed E-state index contributed by atoms with van der Waals surface area (Å²) in [7, 11) is 2.11. The predicted octanol–water partition coefficient (Wildman–Crippen LogP) is 2.81. The summed E-state index contributed by atoms with van der Waals surface area (Å²) >= 11 is 6.01. The van der Waals surface area contributed by atoms with Crippen molar-refractivity contribution < 1.29 is 5.11 Å². The van der Waals surface area contributed by atoms with E-state index in [0.29, 0.717) is 11.8 Å². The quantitative estimate of drug-likeness (QED) is 0.821. The summed E-state index contributed by atoms with van der Waals surface area (Å²) in [4.78, 5) is 7.10. The van der Waals surface area contributed by atoms with Crippen molar-refractivity contribution in [2.24, 2.45) is 4.99 Å². The molecule has 1 heterocycles. The van der Waals surface area contributed by atoms with E-state index >= 15 is 0 Å². The van der Waals surface area contributed by atoms with Crippen molar-refractivity contribution >= 4 is 29.4 Å². The lowest BCUT2D eigenvalue weighted by Crippen LogP contribution is -2.39. The van der Waals surface area contributed by atoms with Gasteiger partial charge < -0.3 is 10.0 Å². The summed E-state index contributed by atoms with van der Waals surface area (Å²) < 4.78 is 0. The Morgan fingerprint density at radius 3 is 2.95 bits per heavy atom. The molecule has 0 bridgehead atoms. The van der Waals surface area contributed by atoms with Crippen molar-refractivity contribution in [3.05, 3.63) is 29.3 Å². The Morgan fingerprint density at radius 2 is 2.30 bits per heavy atom. The van der Waals surface area contributed by atoms with Crippen LogP contribution in [0.4, 0.5) is 0 Å². The highest BCUT2D eigenvalue weighted by Crippen LogP contribution is 2.31. The van der Waals surface area contributed by atoms with Gasteiger partial charge in [-0.2, -0.15) is 12.6 Å². The van der Waals surface area contributed by atoms with Crippen LogP contribution in [-0.2, 0) is 0 Å². The predicted molar refractivity (Wildman–Crippen MR) is 91.6 cm³/mol. The minimum absolute atomic E-state index is 0.278. The second kappa shape index (κ2) is 6.87. The van der Waals surface area contributed by atoms with Crippen LogP contribution in [0.25, 0.3) is 0 Å². The van der Waals surface area contributed by atoms with Gasteiger partial charge >= 0.3 is 0 Å². The first-order valence-electron chi connectivity index (χ1n) is 6.84. The molecule has 0 aliphatic carbocycles. The third-order valence-electron chi connectivity index (χ3n) is 3.76. The van der Waals surface area contributed by atoms with E-state index in [1.165, 1.54) is 0 Å². The fourth-order valence-electron chi connectivity index (χ4n) is 2.26. The highest BCUT2D eigenvalue weighted by molar-refractivity contribution is 8.14. The number of hydrogen-bond donors (Lipinski definition) is 2. The van der Waals surface area contributed by atoms with Crippen molar-refractivity contribution in [1.82, 2.24) is 4.90 Å². The molecule has 0 aromatic heterocycles. The number of likely N-dealkylation sites (N-methyl/N-ethyl adjacent to an activating group) is 1. The molecule has 0 unspecified atom stereocenters. The van der Waals surface area contributed by atoms with Crippen molar-refractivity contribution in [2.75, 3.05) is 25.1 Å². The van der Waals surface area contributed by atoms with E-state index in [4.69, 9.17) is 4.99 Å². The van der Waals surface area contributed by atoms with Gasteiger partial charge in [0.15, 0.2) is 0 Å². The highest BCUT2D eigenvalue weighted by Gasteiger charge is 2.27. The average Bonchev–Trinajstić information content (AvgIpc) is 2.87. The molecule has 0 radical (unpaired) electrons. The van der Waals surface area contributed by atoms with Crippen LogP contribution in [0.3, 0.4) is 0 Å². The summed E-state index contributed by atoms with van der Waals surface area (Å²) in [5.41, 5.74) is 1.92. The van der Waals surface area contributed by atoms with Crippen LogP contribution in [0, 0.1) is 6.92 Å². The molecule has 1 aliphatic heterocycles. The van der Waals surface area contributed by atoms with E-state index in [-0.39, 0.29) is 6.04 Å². The number of benzene rings is 1. The van der Waals surface area contributed by atoms with E-state index in [1.807, 2.05) is 19.1 Å². The van der Waals surface area contributed by atoms with E-state index in [1.54, 1.807) is 17.8 Å². The maximum absolute atomic E-state index is 10.1.